The second-order valence-corrected chi connectivity index (χ2v) is 4.78. The summed E-state index contributed by atoms with van der Waals surface area (Å²) in [5.41, 5.74) is 3.53. The lowest BCUT2D eigenvalue weighted by molar-refractivity contribution is 1.28. The maximum absolute atomic E-state index is 4.60. The third-order valence-corrected chi connectivity index (χ3v) is 3.49. The van der Waals surface area contributed by atoms with Gasteiger partial charge in [-0.15, -0.1) is 0 Å². The number of pyridine rings is 2. The molecule has 5 heteroatoms. The van der Waals surface area contributed by atoms with E-state index in [-0.39, 0.29) is 0 Å². The van der Waals surface area contributed by atoms with Crippen LogP contribution in [0.1, 0.15) is 0 Å². The highest BCUT2D eigenvalue weighted by molar-refractivity contribution is 5.93. The molecule has 0 aliphatic heterocycles. The number of hydrogen-bond donors (Lipinski definition) is 2. The summed E-state index contributed by atoms with van der Waals surface area (Å²) in [6, 6.07) is 14.0. The average Bonchev–Trinajstić information content (AvgIpc) is 2.97. The minimum absolute atomic E-state index is 0.699. The zero-order valence-electron chi connectivity index (χ0n) is 11.5. The van der Waals surface area contributed by atoms with Gasteiger partial charge >= 0.3 is 0 Å². The summed E-state index contributed by atoms with van der Waals surface area (Å²) >= 11 is 0. The molecule has 4 rings (SSSR count). The average molecular weight is 275 g/mol. The molecule has 0 amide bonds. The molecule has 5 nitrogen and oxygen atoms in total. The van der Waals surface area contributed by atoms with E-state index in [0.717, 1.165) is 33.6 Å². The van der Waals surface area contributed by atoms with E-state index in [4.69, 9.17) is 0 Å². The Morgan fingerprint density at radius 1 is 1.00 bits per heavy atom. The minimum atomic E-state index is 0.699. The number of fused-ring (bicyclic) bond motifs is 2. The number of imidazole rings is 1. The number of nitrogens with zero attached hydrogens (tertiary/aromatic N) is 3. The van der Waals surface area contributed by atoms with Gasteiger partial charge in [0.25, 0.3) is 0 Å². The summed E-state index contributed by atoms with van der Waals surface area (Å²) in [6.45, 7) is 0. The summed E-state index contributed by atoms with van der Waals surface area (Å²) in [5.74, 6) is 1.59. The van der Waals surface area contributed by atoms with Gasteiger partial charge in [0.2, 0.25) is 0 Å². The molecule has 0 spiro atoms. The Kier molecular flexibility index (Phi) is 2.57. The first-order valence-electron chi connectivity index (χ1n) is 6.74. The van der Waals surface area contributed by atoms with E-state index in [0.29, 0.717) is 5.65 Å². The number of para-hydroxylation sites is 1. The van der Waals surface area contributed by atoms with Crippen LogP contribution in [0.2, 0.25) is 0 Å². The molecule has 0 aliphatic rings. The fourth-order valence-electron chi connectivity index (χ4n) is 2.45. The molecule has 102 valence electrons. The quantitative estimate of drug-likeness (QED) is 0.589. The molecule has 0 atom stereocenters. The van der Waals surface area contributed by atoms with Crippen LogP contribution in [0.4, 0.5) is 5.82 Å². The van der Waals surface area contributed by atoms with Gasteiger partial charge in [0, 0.05) is 24.2 Å². The predicted molar refractivity (Wildman–Crippen MR) is 84.2 cm³/mol. The predicted octanol–water partition coefficient (Wildman–Crippen LogP) is 3.21. The third kappa shape index (κ3) is 1.90. The topological polar surface area (TPSA) is 66.5 Å². The van der Waals surface area contributed by atoms with Crippen molar-refractivity contribution in [2.45, 2.75) is 0 Å². The molecule has 3 aromatic heterocycles. The molecule has 0 saturated carbocycles. The molecule has 0 aliphatic carbocycles. The van der Waals surface area contributed by atoms with Crippen LogP contribution in [-0.2, 0) is 0 Å². The number of benzene rings is 1. The van der Waals surface area contributed by atoms with Crippen LogP contribution in [0.3, 0.4) is 0 Å². The van der Waals surface area contributed by atoms with Gasteiger partial charge in [-0.25, -0.2) is 9.97 Å². The lowest BCUT2D eigenvalue weighted by Gasteiger charge is -2.01. The summed E-state index contributed by atoms with van der Waals surface area (Å²) in [5, 5.41) is 4.12. The van der Waals surface area contributed by atoms with Crippen LogP contribution >= 0.6 is 0 Å². The van der Waals surface area contributed by atoms with Gasteiger partial charge in [-0.2, -0.15) is 0 Å². The Hall–Kier alpha value is -2.95. The van der Waals surface area contributed by atoms with Gasteiger partial charge in [0.05, 0.1) is 11.0 Å². The molecule has 0 bridgehead atoms. The number of rotatable bonds is 2. The maximum atomic E-state index is 4.60. The monoisotopic (exact) mass is 275 g/mol. The molecule has 3 heterocycles. The van der Waals surface area contributed by atoms with Crippen LogP contribution in [0.25, 0.3) is 33.5 Å². The number of nitrogens with one attached hydrogen (secondary N) is 2. The number of aromatic nitrogens is 4. The summed E-state index contributed by atoms with van der Waals surface area (Å²) < 4.78 is 0. The van der Waals surface area contributed by atoms with Crippen molar-refractivity contribution in [3.63, 3.8) is 0 Å². The zero-order valence-corrected chi connectivity index (χ0v) is 11.5. The smallest absolute Gasteiger partial charge is 0.180 e. The lowest BCUT2D eigenvalue weighted by Crippen LogP contribution is -1.91. The second-order valence-electron chi connectivity index (χ2n) is 4.78. The Balaban J connectivity index is 1.96. The van der Waals surface area contributed by atoms with Crippen molar-refractivity contribution in [3.05, 3.63) is 48.7 Å². The van der Waals surface area contributed by atoms with Crippen molar-refractivity contribution in [3.8, 4) is 11.4 Å². The molecule has 21 heavy (non-hydrogen) atoms. The van der Waals surface area contributed by atoms with E-state index >= 15 is 0 Å². The van der Waals surface area contributed by atoms with Crippen molar-refractivity contribution in [2.75, 3.05) is 12.4 Å². The summed E-state index contributed by atoms with van der Waals surface area (Å²) in [6.07, 6.45) is 1.80. The van der Waals surface area contributed by atoms with Crippen molar-refractivity contribution in [1.29, 1.82) is 0 Å². The highest BCUT2D eigenvalue weighted by Crippen LogP contribution is 2.26. The Morgan fingerprint density at radius 2 is 1.90 bits per heavy atom. The fraction of sp³-hybridized carbons (Fsp3) is 0.0625. The van der Waals surface area contributed by atoms with Crippen LogP contribution < -0.4 is 5.32 Å². The number of H-pyrrole nitrogens is 1. The van der Waals surface area contributed by atoms with Gasteiger partial charge in [0.15, 0.2) is 5.65 Å². The van der Waals surface area contributed by atoms with Gasteiger partial charge in [0.1, 0.15) is 11.6 Å². The first-order valence-corrected chi connectivity index (χ1v) is 6.74. The summed E-state index contributed by atoms with van der Waals surface area (Å²) in [4.78, 5) is 16.8. The first kappa shape index (κ1) is 11.8. The van der Waals surface area contributed by atoms with Gasteiger partial charge in [-0.05, 0) is 24.3 Å². The van der Waals surface area contributed by atoms with Gasteiger partial charge in [-0.1, -0.05) is 18.2 Å². The Morgan fingerprint density at radius 3 is 2.81 bits per heavy atom. The minimum Gasteiger partial charge on any atom is -0.373 e. The highest BCUT2D eigenvalue weighted by atomic mass is 15.0. The number of aromatic amines is 1. The molecule has 2 N–H and O–H groups in total. The van der Waals surface area contributed by atoms with Crippen LogP contribution in [0.5, 0.6) is 0 Å². The van der Waals surface area contributed by atoms with E-state index in [1.165, 1.54) is 0 Å². The van der Waals surface area contributed by atoms with Gasteiger partial charge in [-0.3, -0.25) is 4.98 Å². The SMILES string of the molecule is CNc1ccc2[nH]c(-c3cccc4cccnc34)nc2n1. The molecular weight excluding hydrogens is 262 g/mol. The van der Waals surface area contributed by atoms with Crippen LogP contribution in [-0.4, -0.2) is 27.0 Å². The molecule has 0 saturated heterocycles. The zero-order chi connectivity index (χ0) is 14.2. The fourth-order valence-corrected chi connectivity index (χ4v) is 2.45. The Labute approximate surface area is 121 Å². The molecule has 1 aromatic carbocycles. The largest absolute Gasteiger partial charge is 0.373 e. The van der Waals surface area contributed by atoms with Crippen molar-refractivity contribution in [1.82, 2.24) is 19.9 Å². The molecule has 0 fully saturated rings. The van der Waals surface area contributed by atoms with E-state index < -0.39 is 0 Å². The normalized spacial score (nSPS) is 11.1. The van der Waals surface area contributed by atoms with E-state index in [2.05, 4.69) is 25.3 Å². The summed E-state index contributed by atoms with van der Waals surface area (Å²) in [7, 11) is 1.84. The lowest BCUT2D eigenvalue weighted by atomic mass is 10.1. The highest BCUT2D eigenvalue weighted by Gasteiger charge is 2.10. The molecular formula is C16H13N5. The van der Waals surface area contributed by atoms with E-state index in [1.807, 2.05) is 49.5 Å². The van der Waals surface area contributed by atoms with Crippen molar-refractivity contribution < 1.29 is 0 Å². The number of anilines is 1. The maximum Gasteiger partial charge on any atom is 0.180 e. The molecule has 4 aromatic rings. The number of hydrogen-bond acceptors (Lipinski definition) is 4. The second kappa shape index (κ2) is 4.56. The van der Waals surface area contributed by atoms with Crippen molar-refractivity contribution in [2.24, 2.45) is 0 Å². The van der Waals surface area contributed by atoms with E-state index in [1.54, 1.807) is 6.20 Å². The van der Waals surface area contributed by atoms with Crippen molar-refractivity contribution >= 4 is 27.9 Å². The Bertz CT molecular complexity index is 936. The van der Waals surface area contributed by atoms with E-state index in [9.17, 15) is 0 Å². The first-order chi connectivity index (χ1) is 10.3. The molecule has 0 unspecified atom stereocenters. The standard InChI is InChI=1S/C16H13N5/c1-17-13-8-7-12-16(20-13)21-15(19-12)11-6-2-4-10-5-3-9-18-14(10)11/h2-9H,1H3,(H2,17,19,20,21). The molecule has 0 radical (unpaired) electrons. The van der Waals surface area contributed by atoms with Crippen LogP contribution in [0, 0.1) is 0 Å². The van der Waals surface area contributed by atoms with Crippen LogP contribution in [0.15, 0.2) is 48.7 Å². The third-order valence-electron chi connectivity index (χ3n) is 3.49. The van der Waals surface area contributed by atoms with Gasteiger partial charge < -0.3 is 10.3 Å².